The maximum absolute atomic E-state index is 12.4. The van der Waals surface area contributed by atoms with Crippen LogP contribution in [0.3, 0.4) is 0 Å². The molecule has 2 aliphatic heterocycles. The highest BCUT2D eigenvalue weighted by Crippen LogP contribution is 2.17. The summed E-state index contributed by atoms with van der Waals surface area (Å²) in [5, 5.41) is 4.42. The molecule has 1 aromatic heterocycles. The maximum Gasteiger partial charge on any atom is 0.274 e. The second kappa shape index (κ2) is 5.48. The molecule has 2 N–H and O–H groups in total. The SMILES string of the molecule is CC(=O)N1CCCn2nc(C(=O)N3CCC(N)C3)cc2C1. The molecule has 3 heterocycles. The first-order chi connectivity index (χ1) is 10.0. The Morgan fingerprint density at radius 3 is 2.76 bits per heavy atom. The summed E-state index contributed by atoms with van der Waals surface area (Å²) in [6, 6.07) is 1.88. The highest BCUT2D eigenvalue weighted by atomic mass is 16.2. The van der Waals surface area contributed by atoms with Gasteiger partial charge in [0.25, 0.3) is 5.91 Å². The number of aromatic nitrogens is 2. The van der Waals surface area contributed by atoms with E-state index in [4.69, 9.17) is 5.73 Å². The monoisotopic (exact) mass is 291 g/mol. The van der Waals surface area contributed by atoms with Gasteiger partial charge in [0, 0.05) is 39.1 Å². The number of fused-ring (bicyclic) bond motifs is 1. The molecule has 21 heavy (non-hydrogen) atoms. The molecule has 1 unspecified atom stereocenters. The number of hydrogen-bond donors (Lipinski definition) is 1. The van der Waals surface area contributed by atoms with E-state index in [9.17, 15) is 9.59 Å². The van der Waals surface area contributed by atoms with Crippen LogP contribution in [-0.4, -0.2) is 57.1 Å². The molecule has 0 saturated carbocycles. The third-order valence-electron chi connectivity index (χ3n) is 4.19. The molecular formula is C14H21N5O2. The molecule has 114 valence electrons. The number of nitrogens with two attached hydrogens (primary N) is 1. The van der Waals surface area contributed by atoms with Gasteiger partial charge in [0.1, 0.15) is 0 Å². The molecule has 7 heteroatoms. The molecule has 1 fully saturated rings. The first-order valence-corrected chi connectivity index (χ1v) is 7.41. The summed E-state index contributed by atoms with van der Waals surface area (Å²) < 4.78 is 1.85. The van der Waals surface area contributed by atoms with Crippen LogP contribution in [0.1, 0.15) is 35.9 Å². The lowest BCUT2D eigenvalue weighted by Gasteiger charge is -2.17. The van der Waals surface area contributed by atoms with Gasteiger partial charge in [-0.25, -0.2) is 0 Å². The summed E-state index contributed by atoms with van der Waals surface area (Å²) >= 11 is 0. The molecule has 1 aromatic rings. The van der Waals surface area contributed by atoms with Crippen molar-refractivity contribution in [2.24, 2.45) is 5.73 Å². The Hall–Kier alpha value is -1.89. The Bertz CT molecular complexity index is 568. The predicted molar refractivity (Wildman–Crippen MR) is 76.4 cm³/mol. The highest BCUT2D eigenvalue weighted by molar-refractivity contribution is 5.92. The summed E-state index contributed by atoms with van der Waals surface area (Å²) in [7, 11) is 0. The van der Waals surface area contributed by atoms with E-state index in [0.29, 0.717) is 25.3 Å². The zero-order valence-corrected chi connectivity index (χ0v) is 12.3. The third kappa shape index (κ3) is 2.78. The summed E-state index contributed by atoms with van der Waals surface area (Å²) in [6.07, 6.45) is 1.70. The van der Waals surface area contributed by atoms with E-state index in [-0.39, 0.29) is 17.9 Å². The number of nitrogens with zero attached hydrogens (tertiary/aromatic N) is 4. The fourth-order valence-electron chi connectivity index (χ4n) is 2.97. The molecular weight excluding hydrogens is 270 g/mol. The van der Waals surface area contributed by atoms with Crippen LogP contribution in [0.25, 0.3) is 0 Å². The Labute approximate surface area is 123 Å². The third-order valence-corrected chi connectivity index (χ3v) is 4.19. The molecule has 7 nitrogen and oxygen atoms in total. The number of aryl methyl sites for hydroxylation is 1. The van der Waals surface area contributed by atoms with E-state index in [1.807, 2.05) is 10.7 Å². The van der Waals surface area contributed by atoms with Crippen LogP contribution in [0, 0.1) is 0 Å². The van der Waals surface area contributed by atoms with Gasteiger partial charge < -0.3 is 15.5 Å². The van der Waals surface area contributed by atoms with Gasteiger partial charge in [-0.2, -0.15) is 5.10 Å². The minimum absolute atomic E-state index is 0.0575. The van der Waals surface area contributed by atoms with Gasteiger partial charge in [-0.3, -0.25) is 14.3 Å². The molecule has 0 radical (unpaired) electrons. The zero-order valence-electron chi connectivity index (χ0n) is 12.3. The van der Waals surface area contributed by atoms with Crippen LogP contribution in [0.2, 0.25) is 0 Å². The van der Waals surface area contributed by atoms with Crippen molar-refractivity contribution in [3.8, 4) is 0 Å². The minimum atomic E-state index is -0.0575. The molecule has 2 amide bonds. The number of amides is 2. The van der Waals surface area contributed by atoms with Crippen LogP contribution in [0.15, 0.2) is 6.07 Å². The Morgan fingerprint density at radius 2 is 2.10 bits per heavy atom. The largest absolute Gasteiger partial charge is 0.337 e. The lowest BCUT2D eigenvalue weighted by molar-refractivity contribution is -0.129. The minimum Gasteiger partial charge on any atom is -0.337 e. The molecule has 1 atom stereocenters. The van der Waals surface area contributed by atoms with Crippen molar-refractivity contribution in [3.63, 3.8) is 0 Å². The number of carbonyl (C=O) groups excluding carboxylic acids is 2. The maximum atomic E-state index is 12.4. The molecule has 0 aliphatic carbocycles. The van der Waals surface area contributed by atoms with Crippen molar-refractivity contribution in [2.75, 3.05) is 19.6 Å². The fourth-order valence-corrected chi connectivity index (χ4v) is 2.97. The van der Waals surface area contributed by atoms with Crippen molar-refractivity contribution < 1.29 is 9.59 Å². The Kier molecular flexibility index (Phi) is 3.67. The molecule has 2 aliphatic rings. The molecule has 3 rings (SSSR count). The van der Waals surface area contributed by atoms with Gasteiger partial charge in [-0.05, 0) is 18.9 Å². The lowest BCUT2D eigenvalue weighted by atomic mass is 10.3. The zero-order chi connectivity index (χ0) is 15.0. The van der Waals surface area contributed by atoms with E-state index in [1.165, 1.54) is 0 Å². The summed E-state index contributed by atoms with van der Waals surface area (Å²) in [5.41, 5.74) is 7.23. The summed E-state index contributed by atoms with van der Waals surface area (Å²) in [5.74, 6) is 0.000872. The van der Waals surface area contributed by atoms with Gasteiger partial charge in [-0.1, -0.05) is 0 Å². The second-order valence-electron chi connectivity index (χ2n) is 5.84. The number of hydrogen-bond acceptors (Lipinski definition) is 4. The van der Waals surface area contributed by atoms with Crippen LogP contribution >= 0.6 is 0 Å². The van der Waals surface area contributed by atoms with Crippen LogP contribution in [0.5, 0.6) is 0 Å². The van der Waals surface area contributed by atoms with E-state index in [0.717, 1.165) is 31.6 Å². The van der Waals surface area contributed by atoms with E-state index in [1.54, 1.807) is 16.7 Å². The first-order valence-electron chi connectivity index (χ1n) is 7.41. The van der Waals surface area contributed by atoms with Gasteiger partial charge in [0.2, 0.25) is 5.91 Å². The predicted octanol–water partition coefficient (Wildman–Crippen LogP) is -0.191. The second-order valence-corrected chi connectivity index (χ2v) is 5.84. The van der Waals surface area contributed by atoms with E-state index >= 15 is 0 Å². The average molecular weight is 291 g/mol. The van der Waals surface area contributed by atoms with Crippen molar-refractivity contribution in [2.45, 2.75) is 38.9 Å². The quantitative estimate of drug-likeness (QED) is 0.777. The van der Waals surface area contributed by atoms with Gasteiger partial charge in [-0.15, -0.1) is 0 Å². The molecule has 1 saturated heterocycles. The topological polar surface area (TPSA) is 84.5 Å². The Balaban J connectivity index is 1.79. The molecule has 0 spiro atoms. The van der Waals surface area contributed by atoms with Gasteiger partial charge >= 0.3 is 0 Å². The number of likely N-dealkylation sites (tertiary alicyclic amines) is 1. The standard InChI is InChI=1S/C14H21N5O2/c1-10(20)17-4-2-5-19-12(9-17)7-13(16-19)14(21)18-6-3-11(15)8-18/h7,11H,2-6,8-9,15H2,1H3. The molecule has 0 bridgehead atoms. The van der Waals surface area contributed by atoms with E-state index in [2.05, 4.69) is 5.10 Å². The van der Waals surface area contributed by atoms with Crippen molar-refractivity contribution in [1.82, 2.24) is 19.6 Å². The van der Waals surface area contributed by atoms with E-state index < -0.39 is 0 Å². The van der Waals surface area contributed by atoms with Crippen molar-refractivity contribution in [3.05, 3.63) is 17.5 Å². The summed E-state index contributed by atoms with van der Waals surface area (Å²) in [4.78, 5) is 27.5. The highest BCUT2D eigenvalue weighted by Gasteiger charge is 2.27. The van der Waals surface area contributed by atoms with Crippen LogP contribution in [0.4, 0.5) is 0 Å². The molecule has 0 aromatic carbocycles. The smallest absolute Gasteiger partial charge is 0.274 e. The number of carbonyl (C=O) groups is 2. The summed E-state index contributed by atoms with van der Waals surface area (Å²) in [6.45, 7) is 4.87. The average Bonchev–Trinajstić information content (AvgIpc) is 2.99. The van der Waals surface area contributed by atoms with Gasteiger partial charge in [0.15, 0.2) is 5.69 Å². The van der Waals surface area contributed by atoms with Crippen LogP contribution in [-0.2, 0) is 17.9 Å². The van der Waals surface area contributed by atoms with Crippen LogP contribution < -0.4 is 5.73 Å². The first kappa shape index (κ1) is 14.1. The van der Waals surface area contributed by atoms with Gasteiger partial charge in [0.05, 0.1) is 12.2 Å². The lowest BCUT2D eigenvalue weighted by Crippen LogP contribution is -2.32. The Morgan fingerprint density at radius 1 is 1.29 bits per heavy atom. The van der Waals surface area contributed by atoms with Crippen molar-refractivity contribution in [1.29, 1.82) is 0 Å². The number of rotatable bonds is 1. The normalized spacial score (nSPS) is 22.1. The fraction of sp³-hybridized carbons (Fsp3) is 0.643. The van der Waals surface area contributed by atoms with Crippen molar-refractivity contribution >= 4 is 11.8 Å².